The fourth-order valence-corrected chi connectivity index (χ4v) is 4.02. The predicted molar refractivity (Wildman–Crippen MR) is 114 cm³/mol. The molecule has 1 aliphatic rings. The molecule has 1 amide bonds. The number of aliphatic hydroxyl groups excluding tert-OH is 1. The van der Waals surface area contributed by atoms with Gasteiger partial charge in [0.25, 0.3) is 0 Å². The first kappa shape index (κ1) is 21.2. The third-order valence-corrected chi connectivity index (χ3v) is 5.71. The summed E-state index contributed by atoms with van der Waals surface area (Å²) in [7, 11) is 0. The number of amides is 1. The Morgan fingerprint density at radius 1 is 0.931 bits per heavy atom. The van der Waals surface area contributed by atoms with E-state index in [2.05, 4.69) is 30.9 Å². The number of hydrogen-bond acceptors (Lipinski definition) is 4. The number of aliphatic hydroxyl groups is 1. The van der Waals surface area contributed by atoms with Crippen LogP contribution >= 0.6 is 0 Å². The van der Waals surface area contributed by atoms with Crippen LogP contribution in [0.15, 0.2) is 54.6 Å². The van der Waals surface area contributed by atoms with E-state index in [1.807, 2.05) is 35.2 Å². The van der Waals surface area contributed by atoms with Crippen molar-refractivity contribution in [2.24, 2.45) is 0 Å². The van der Waals surface area contributed by atoms with Crippen LogP contribution in [0, 0.1) is 0 Å². The summed E-state index contributed by atoms with van der Waals surface area (Å²) in [6, 6.07) is 18.1. The van der Waals surface area contributed by atoms with E-state index in [1.165, 1.54) is 5.56 Å². The molecule has 0 spiro atoms. The number of carbonyl (C=O) groups is 2. The smallest absolute Gasteiger partial charge is 0.223 e. The van der Waals surface area contributed by atoms with E-state index >= 15 is 0 Å². The number of benzene rings is 2. The molecule has 2 atom stereocenters. The van der Waals surface area contributed by atoms with Crippen LogP contribution in [0.4, 0.5) is 0 Å². The summed E-state index contributed by atoms with van der Waals surface area (Å²) < 4.78 is 0. The second-order valence-corrected chi connectivity index (χ2v) is 7.93. The molecule has 1 fully saturated rings. The zero-order valence-corrected chi connectivity index (χ0v) is 17.3. The molecule has 0 aliphatic carbocycles. The predicted octanol–water partition coefficient (Wildman–Crippen LogP) is 2.92. The van der Waals surface area contributed by atoms with Crippen molar-refractivity contribution >= 4 is 11.7 Å². The Morgan fingerprint density at radius 2 is 1.55 bits per heavy atom. The topological polar surface area (TPSA) is 60.9 Å². The maximum Gasteiger partial charge on any atom is 0.223 e. The maximum absolute atomic E-state index is 12.7. The van der Waals surface area contributed by atoms with Crippen LogP contribution in [0.5, 0.6) is 0 Å². The number of carbonyl (C=O) groups excluding carboxylic acids is 2. The van der Waals surface area contributed by atoms with E-state index in [4.69, 9.17) is 5.11 Å². The van der Waals surface area contributed by atoms with Gasteiger partial charge in [-0.15, -0.1) is 0 Å². The van der Waals surface area contributed by atoms with Crippen LogP contribution in [-0.4, -0.2) is 58.4 Å². The largest absolute Gasteiger partial charge is 0.388 e. The Bertz CT molecular complexity index is 808. The van der Waals surface area contributed by atoms with E-state index < -0.39 is 6.61 Å². The van der Waals surface area contributed by atoms with Crippen molar-refractivity contribution < 1.29 is 14.7 Å². The quantitative estimate of drug-likeness (QED) is 0.734. The number of nitrogens with zero attached hydrogens (tertiary/aromatic N) is 2. The van der Waals surface area contributed by atoms with E-state index in [0.717, 1.165) is 31.6 Å². The van der Waals surface area contributed by atoms with Gasteiger partial charge in [-0.05, 0) is 31.4 Å². The number of piperazine rings is 1. The van der Waals surface area contributed by atoms with E-state index in [0.29, 0.717) is 12.0 Å². The average molecular weight is 395 g/mol. The number of rotatable bonds is 7. The highest BCUT2D eigenvalue weighted by Gasteiger charge is 2.31. The van der Waals surface area contributed by atoms with Crippen LogP contribution < -0.4 is 0 Å². The van der Waals surface area contributed by atoms with Gasteiger partial charge in [0.2, 0.25) is 5.91 Å². The van der Waals surface area contributed by atoms with Gasteiger partial charge < -0.3 is 10.0 Å². The van der Waals surface area contributed by atoms with Gasteiger partial charge in [0.15, 0.2) is 5.78 Å². The third-order valence-electron chi connectivity index (χ3n) is 5.71. The molecule has 5 heteroatoms. The van der Waals surface area contributed by atoms with Crippen molar-refractivity contribution in [3.8, 4) is 0 Å². The van der Waals surface area contributed by atoms with Gasteiger partial charge in [-0.3, -0.25) is 14.5 Å². The van der Waals surface area contributed by atoms with E-state index in [9.17, 15) is 9.59 Å². The van der Waals surface area contributed by atoms with Gasteiger partial charge in [-0.25, -0.2) is 0 Å². The molecule has 1 heterocycles. The van der Waals surface area contributed by atoms with Crippen LogP contribution in [0.25, 0.3) is 0 Å². The molecule has 2 aromatic carbocycles. The molecular weight excluding hydrogens is 364 g/mol. The minimum Gasteiger partial charge on any atom is -0.388 e. The molecule has 1 saturated heterocycles. The number of ketones is 1. The third kappa shape index (κ3) is 5.52. The van der Waals surface area contributed by atoms with E-state index in [-0.39, 0.29) is 23.8 Å². The first-order chi connectivity index (χ1) is 14.0. The average Bonchev–Trinajstić information content (AvgIpc) is 2.75. The maximum atomic E-state index is 12.7. The second-order valence-electron chi connectivity index (χ2n) is 7.93. The molecule has 1 aliphatic heterocycles. The van der Waals surface area contributed by atoms with Crippen molar-refractivity contribution in [3.05, 3.63) is 71.3 Å². The lowest BCUT2D eigenvalue weighted by atomic mass is 10.0. The zero-order chi connectivity index (χ0) is 20.8. The van der Waals surface area contributed by atoms with Crippen molar-refractivity contribution in [1.82, 2.24) is 9.80 Å². The highest BCUT2D eigenvalue weighted by atomic mass is 16.3. The van der Waals surface area contributed by atoms with Crippen LogP contribution in [0.1, 0.15) is 41.8 Å². The van der Waals surface area contributed by atoms with Crippen LogP contribution in [0.2, 0.25) is 0 Å². The van der Waals surface area contributed by atoms with Gasteiger partial charge >= 0.3 is 0 Å². The van der Waals surface area contributed by atoms with Crippen molar-refractivity contribution in [1.29, 1.82) is 0 Å². The standard InChI is InChI=1S/C24H30N2O3/c1-18-14-25(24(29)13-10-20-6-4-3-5-7-20)15-19(2)26(18)16-21-8-11-22(12-9-21)23(28)17-27/h3-9,11-12,18-19,27H,10,13-17H2,1-2H3/t18-,19+. The fraction of sp³-hybridized carbons (Fsp3) is 0.417. The molecule has 0 unspecified atom stereocenters. The van der Waals surface area contributed by atoms with Gasteiger partial charge in [0.05, 0.1) is 0 Å². The molecule has 5 nitrogen and oxygen atoms in total. The first-order valence-electron chi connectivity index (χ1n) is 10.3. The summed E-state index contributed by atoms with van der Waals surface area (Å²) in [6.45, 7) is 6.11. The van der Waals surface area contributed by atoms with Gasteiger partial charge in [-0.1, -0.05) is 54.6 Å². The van der Waals surface area contributed by atoms with Gasteiger partial charge in [0.1, 0.15) is 6.61 Å². The highest BCUT2D eigenvalue weighted by Crippen LogP contribution is 2.20. The van der Waals surface area contributed by atoms with Crippen molar-refractivity contribution in [2.75, 3.05) is 19.7 Å². The molecule has 0 saturated carbocycles. The molecular formula is C24H30N2O3. The molecule has 1 N–H and O–H groups in total. The Hall–Kier alpha value is -2.50. The first-order valence-corrected chi connectivity index (χ1v) is 10.3. The van der Waals surface area contributed by atoms with Crippen molar-refractivity contribution in [2.45, 2.75) is 45.3 Å². The molecule has 0 aromatic heterocycles. The zero-order valence-electron chi connectivity index (χ0n) is 17.3. The van der Waals surface area contributed by atoms with Crippen LogP contribution in [0.3, 0.4) is 0 Å². The van der Waals surface area contributed by atoms with E-state index in [1.54, 1.807) is 12.1 Å². The monoisotopic (exact) mass is 394 g/mol. The lowest BCUT2D eigenvalue weighted by molar-refractivity contribution is -0.135. The second kappa shape index (κ2) is 9.81. The Labute approximate surface area is 172 Å². The minimum atomic E-state index is -0.465. The lowest BCUT2D eigenvalue weighted by Gasteiger charge is -2.44. The lowest BCUT2D eigenvalue weighted by Crippen LogP contribution is -2.57. The summed E-state index contributed by atoms with van der Waals surface area (Å²) in [5.74, 6) is -0.0417. The molecule has 2 aromatic rings. The van der Waals surface area contributed by atoms with Gasteiger partial charge in [0, 0.05) is 43.7 Å². The minimum absolute atomic E-state index is 0.221. The van der Waals surface area contributed by atoms with Crippen molar-refractivity contribution in [3.63, 3.8) is 0 Å². The number of Topliss-reactive ketones (excluding diaryl/α,β-unsaturated/α-hetero) is 1. The van der Waals surface area contributed by atoms with Gasteiger partial charge in [-0.2, -0.15) is 0 Å². The molecule has 154 valence electrons. The van der Waals surface area contributed by atoms with Crippen LogP contribution in [-0.2, 0) is 17.8 Å². The SMILES string of the molecule is C[C@@H]1CN(C(=O)CCc2ccccc2)C[C@H](C)N1Cc1ccc(C(=O)CO)cc1. The number of hydrogen-bond donors (Lipinski definition) is 1. The fourth-order valence-electron chi connectivity index (χ4n) is 4.02. The summed E-state index contributed by atoms with van der Waals surface area (Å²) >= 11 is 0. The molecule has 0 radical (unpaired) electrons. The summed E-state index contributed by atoms with van der Waals surface area (Å²) in [6.07, 6.45) is 1.32. The summed E-state index contributed by atoms with van der Waals surface area (Å²) in [5.41, 5.74) is 2.86. The highest BCUT2D eigenvalue weighted by molar-refractivity contribution is 5.96. The Balaban J connectivity index is 1.55. The Morgan fingerprint density at radius 3 is 2.14 bits per heavy atom. The normalized spacial score (nSPS) is 19.9. The molecule has 29 heavy (non-hydrogen) atoms. The molecule has 3 rings (SSSR count). The number of aryl methyl sites for hydroxylation is 1. The summed E-state index contributed by atoms with van der Waals surface area (Å²) in [4.78, 5) is 28.7. The molecule has 0 bridgehead atoms. The Kier molecular flexibility index (Phi) is 7.18. The summed E-state index contributed by atoms with van der Waals surface area (Å²) in [5, 5.41) is 8.97.